The summed E-state index contributed by atoms with van der Waals surface area (Å²) < 4.78 is 32.7. The van der Waals surface area contributed by atoms with E-state index in [1.165, 1.54) is 113 Å². The number of hydrogen-bond acceptors (Lipinski definition) is 20. The Morgan fingerprint density at radius 1 is 0.537 bits per heavy atom. The first-order valence-corrected chi connectivity index (χ1v) is 63.5. The van der Waals surface area contributed by atoms with Crippen LogP contribution in [0.5, 0.6) is 0 Å². The van der Waals surface area contributed by atoms with Crippen molar-refractivity contribution in [1.82, 2.24) is 29.5 Å². The number of rotatable bonds is 24. The number of aromatic nitrogens is 6. The van der Waals surface area contributed by atoms with Gasteiger partial charge in [0, 0.05) is 109 Å². The first kappa shape index (κ1) is 128. The van der Waals surface area contributed by atoms with Crippen LogP contribution in [0.15, 0.2) is 139 Å². The van der Waals surface area contributed by atoms with Crippen molar-refractivity contribution in [2.45, 2.75) is 319 Å². The van der Waals surface area contributed by atoms with Crippen molar-refractivity contribution < 1.29 is 48.3 Å². The van der Waals surface area contributed by atoms with Gasteiger partial charge in [-0.25, -0.2) is 9.97 Å². The van der Waals surface area contributed by atoms with Gasteiger partial charge in [-0.15, -0.1) is 4.91 Å². The van der Waals surface area contributed by atoms with E-state index in [0.29, 0.717) is 17.0 Å². The number of unbranched alkanes of at least 4 members (excludes halogenated alkanes) is 3. The maximum absolute atomic E-state index is 12.1. The van der Waals surface area contributed by atoms with Gasteiger partial charge in [0.25, 0.3) is 0 Å². The van der Waals surface area contributed by atoms with E-state index in [1.807, 2.05) is 126 Å². The van der Waals surface area contributed by atoms with Gasteiger partial charge in [0.2, 0.25) is 0 Å². The smallest absolute Gasteiger partial charge is 0.459 e. The van der Waals surface area contributed by atoms with Gasteiger partial charge < -0.3 is 40.6 Å². The molecule has 3 aromatic heterocycles. The number of aliphatic imine (C=N–C) groups is 2. The number of carbonyl (C=O) groups is 4. The number of carbonyl (C=O) groups excluding carboxylic acids is 4. The minimum atomic E-state index is -1.94. The van der Waals surface area contributed by atoms with Crippen LogP contribution in [0.25, 0.3) is 21.8 Å². The van der Waals surface area contributed by atoms with E-state index in [2.05, 4.69) is 321 Å². The largest absolute Gasteiger partial charge is 0.491 e. The summed E-state index contributed by atoms with van der Waals surface area (Å²) in [6.07, 6.45) is 19.0. The number of anilines is 2. The third kappa shape index (κ3) is 47.0. The average Bonchev–Trinajstić information content (AvgIpc) is 1.61. The minimum absolute atomic E-state index is 0.0182. The Kier molecular flexibility index (Phi) is 61.1. The maximum Gasteiger partial charge on any atom is 0.491 e. The summed E-state index contributed by atoms with van der Waals surface area (Å²) in [5.41, 5.74) is 29.4. The molecule has 0 amide bonds. The van der Waals surface area contributed by atoms with Gasteiger partial charge in [0.15, 0.2) is 11.1 Å². The van der Waals surface area contributed by atoms with E-state index in [9.17, 15) is 24.1 Å². The van der Waals surface area contributed by atoms with Crippen molar-refractivity contribution in [2.75, 3.05) is 16.8 Å². The van der Waals surface area contributed by atoms with Gasteiger partial charge in [-0.1, -0.05) is 155 Å². The van der Waals surface area contributed by atoms with Crippen molar-refractivity contribution in [1.29, 1.82) is 0 Å². The predicted molar refractivity (Wildman–Crippen MR) is 609 cm³/mol. The summed E-state index contributed by atoms with van der Waals surface area (Å²) in [6.45, 7) is 57.4. The fourth-order valence-electron chi connectivity index (χ4n) is 13.6. The Bertz CT molecular complexity index is 5280. The molecule has 2 aliphatic rings. The fraction of sp³-hybridized carbons (Fsp3) is 0.500. The van der Waals surface area contributed by atoms with Crippen LogP contribution >= 0.6 is 169 Å². The van der Waals surface area contributed by atoms with Gasteiger partial charge >= 0.3 is 133 Å². The van der Waals surface area contributed by atoms with Gasteiger partial charge in [0.1, 0.15) is 59.8 Å². The molecular weight excluding hydrogens is 2550 g/mol. The molecule has 2 aliphatic heterocycles. The number of halogens is 10. The zero-order chi connectivity index (χ0) is 103. The number of Topliss-reactive ketones (excluding diaryl/α,β-unsaturated/α-hetero) is 1. The summed E-state index contributed by atoms with van der Waals surface area (Å²) in [5.74, 6) is -0.375. The minimum Gasteiger partial charge on any atom is -0.459 e. The first-order chi connectivity index (χ1) is 62.6. The third-order valence-corrected chi connectivity index (χ3v) is 41.1. The maximum atomic E-state index is 12.1. The van der Waals surface area contributed by atoms with Crippen molar-refractivity contribution in [3.8, 4) is 0 Å². The van der Waals surface area contributed by atoms with Gasteiger partial charge in [-0.3, -0.25) is 38.5 Å². The van der Waals surface area contributed by atoms with Crippen LogP contribution in [0.2, 0.25) is 13.3 Å². The number of benzene rings is 6. The van der Waals surface area contributed by atoms with Crippen molar-refractivity contribution in [3.63, 3.8) is 0 Å². The standard InChI is InChI=1S/C17H21BrN2O3.C15H18BrIN2O2.C10H9BrIN.C10H10BrN.C9H12BrN.C9H13N.C6H11BrO2.C5H7BN2O2.C4H9NO2.3C4H9.C3H5.Br2.Sn/c1-6-11-7-12(18)8-13-15(10(2)21)19-20(16(11)13)9-14(22)23-17(3,4)5;1-5-9-6-10(16)7-11-13(9)19(18-14(11)17)8-12(20)21-15(2,3)4;1-2-6-3-7(11)4-8-9(6)5-13-10(8)12;1-2-7-3-9(11)4-8-5-12-6-10(7)8;1-3-7-5-8(10)4-6(2)9(7)11;1-3-8-6-4-5-7(2)9(8)10;1-6(2,3)9-5(8)4-7;1-4-7-2-5(3-8-4)6(9)10;1-4(2,3)7-5-6;3*1-3-4-2;1-3-2;1-2;/h7-8H,6,9H2,1-5H3;6-7H,5,8H2,1-4H3;3-4H,2,5H2,1H3;3-5H,2,6H2,1H3;4-5H,3,11H2,1-2H3;4-6H,3,10H2,1-2H3;4H2,1-3H3;2-3,9-10H,1H3;1-3H3;3*1,3-4H2,2H3;1H2,2H3;;. The molecule has 134 heavy (non-hydrogen) atoms. The number of esters is 3. The van der Waals surface area contributed by atoms with E-state index in [0.717, 1.165) is 126 Å². The molecule has 0 saturated heterocycles. The molecule has 0 fully saturated rings. The molecule has 0 unspecified atom stereocenters. The number of para-hydroxylation sites is 1. The zero-order valence-electron chi connectivity index (χ0n) is 83.2. The number of nitrogens with two attached hydrogens (primary N) is 2. The molecular formula is C100H142BBr8I2N11O11Sn. The van der Waals surface area contributed by atoms with Crippen molar-refractivity contribution in [3.05, 3.63) is 211 Å². The molecule has 6 N–H and O–H groups in total. The van der Waals surface area contributed by atoms with Crippen LogP contribution in [0.1, 0.15) is 281 Å². The second-order valence-electron chi connectivity index (χ2n) is 35.8. The topological polar surface area (TPSA) is 313 Å². The Morgan fingerprint density at radius 3 is 1.35 bits per heavy atom. The zero-order valence-corrected chi connectivity index (χ0v) is 103. The van der Waals surface area contributed by atoms with Crippen LogP contribution in [-0.2, 0) is 98.1 Å². The van der Waals surface area contributed by atoms with E-state index < -0.39 is 42.3 Å². The molecule has 740 valence electrons. The molecule has 0 atom stereocenters. The number of nitrogens with zero attached hydrogens (tertiary/aromatic N) is 9. The van der Waals surface area contributed by atoms with E-state index >= 15 is 0 Å². The van der Waals surface area contributed by atoms with Crippen LogP contribution in [0.3, 0.4) is 0 Å². The summed E-state index contributed by atoms with van der Waals surface area (Å²) in [5, 5.41) is 30.4. The fourth-order valence-corrected chi connectivity index (χ4v) is 32.4. The normalized spacial score (nSPS) is 11.5. The number of ketones is 1. The second-order valence-corrected chi connectivity index (χ2v) is 57.0. The summed E-state index contributed by atoms with van der Waals surface area (Å²) >= 11 is 28.5. The van der Waals surface area contributed by atoms with Gasteiger partial charge in [0.05, 0.1) is 24.1 Å². The average molecular weight is 2700 g/mol. The molecule has 9 aromatic rings. The molecule has 5 heterocycles. The first-order valence-electron chi connectivity index (χ1n) is 45.0. The number of alkyl halides is 1. The summed E-state index contributed by atoms with van der Waals surface area (Å²) in [6, 6.07) is 26.9. The van der Waals surface area contributed by atoms with Crippen LogP contribution in [-0.4, -0.2) is 126 Å². The van der Waals surface area contributed by atoms with E-state index in [4.69, 9.17) is 35.7 Å². The molecule has 22 nitrogen and oxygen atoms in total. The van der Waals surface area contributed by atoms with Gasteiger partial charge in [-0.05, 0) is 309 Å². The number of aryl methyl sites for hydroxylation is 9. The number of fused-ring (bicyclic) bond motifs is 4. The van der Waals surface area contributed by atoms with Crippen LogP contribution < -0.4 is 16.9 Å². The molecule has 11 rings (SSSR count). The Hall–Kier alpha value is -4.42. The SMILES string of the molecule is BrBr.C=[C](C)[Sn]([CH2]CCC)([CH2]CCC)[CH2]CCC.CC(C)(C)OC(=O)CBr.CC(C)(C)ON=O.CCc1cc(Br)cc(C)c1N.CCc1cc(Br)cc2c(C(C)=O)nn(CC(=O)OC(C)(C)C)c12.CCc1cc(Br)cc2c(I)nn(CC(=O)OC(C)(C)C)c12.CCc1cc(Br)cc2c1CN=C2.CCc1cc(Br)cc2c1CN=C2I.CCc1cccc(C)c1N.Cc1ncc(B(O)O)cn1. The Balaban J connectivity index is 0.000000757. The molecule has 0 saturated carbocycles. The molecule has 0 aliphatic carbocycles. The molecule has 0 radical (unpaired) electrons. The molecule has 34 heteroatoms. The van der Waals surface area contributed by atoms with E-state index in [1.54, 1.807) is 54.0 Å². The number of hydrogen-bond donors (Lipinski definition) is 4. The molecule has 6 aromatic carbocycles. The van der Waals surface area contributed by atoms with Gasteiger partial charge in [-0.2, -0.15) is 10.2 Å². The summed E-state index contributed by atoms with van der Waals surface area (Å²) in [4.78, 5) is 76.5. The second kappa shape index (κ2) is 64.2. The summed E-state index contributed by atoms with van der Waals surface area (Å²) in [7, 11) is -1.47. The number of nitrogen functional groups attached to an aromatic ring is 2. The number of ether oxygens (including phenoxy) is 3. The Labute approximate surface area is 896 Å². The third-order valence-electron chi connectivity index (χ3n) is 20.2. The van der Waals surface area contributed by atoms with E-state index in [-0.39, 0.29) is 47.7 Å². The molecule has 0 bridgehead atoms. The van der Waals surface area contributed by atoms with Crippen molar-refractivity contribution in [2.24, 2.45) is 15.3 Å². The Morgan fingerprint density at radius 2 is 0.948 bits per heavy atom. The predicted octanol–water partition coefficient (Wildman–Crippen LogP) is 29.2. The number of allylic oxidation sites excluding steroid dienone is 1. The quantitative estimate of drug-likeness (QED) is 0.00503. The van der Waals surface area contributed by atoms with Crippen LogP contribution in [0.4, 0.5) is 11.4 Å². The molecule has 0 spiro atoms. The van der Waals surface area contributed by atoms with Crippen molar-refractivity contribution >= 4 is 267 Å². The monoisotopic (exact) mass is 2690 g/mol. The van der Waals surface area contributed by atoms with Crippen LogP contribution in [0, 0.1) is 29.4 Å².